The molecule has 5 nitrogen and oxygen atoms in total. The number of benzene rings is 1. The molecule has 118 valence electrons. The standard InChI is InChI=1S/C15H24N2O3S/c1-4-13(5-2)17(11-10-16)15(18)12-6-8-14(9-7-12)21(3,19)20/h6-9,13H,4-5,10-11,16H2,1-3H3. The van der Waals surface area contributed by atoms with E-state index in [1.54, 1.807) is 17.0 Å². The number of hydrogen-bond acceptors (Lipinski definition) is 4. The van der Waals surface area contributed by atoms with Crippen LogP contribution in [0.2, 0.25) is 0 Å². The quantitative estimate of drug-likeness (QED) is 0.830. The summed E-state index contributed by atoms with van der Waals surface area (Å²) < 4.78 is 22.9. The van der Waals surface area contributed by atoms with Crippen LogP contribution < -0.4 is 5.73 Å². The third-order valence-electron chi connectivity index (χ3n) is 3.54. The lowest BCUT2D eigenvalue weighted by Crippen LogP contribution is -2.42. The van der Waals surface area contributed by atoms with Crippen LogP contribution in [0.15, 0.2) is 29.2 Å². The molecule has 0 aromatic heterocycles. The molecule has 0 unspecified atom stereocenters. The Morgan fingerprint density at radius 1 is 1.19 bits per heavy atom. The minimum absolute atomic E-state index is 0.103. The Balaban J connectivity index is 3.04. The number of carbonyl (C=O) groups is 1. The van der Waals surface area contributed by atoms with Crippen molar-refractivity contribution in [1.82, 2.24) is 4.90 Å². The predicted octanol–water partition coefficient (Wildman–Crippen LogP) is 1.68. The fourth-order valence-corrected chi connectivity index (χ4v) is 2.96. The van der Waals surface area contributed by atoms with Gasteiger partial charge < -0.3 is 10.6 Å². The molecular weight excluding hydrogens is 288 g/mol. The van der Waals surface area contributed by atoms with E-state index in [1.807, 2.05) is 13.8 Å². The van der Waals surface area contributed by atoms with Gasteiger partial charge in [0.2, 0.25) is 0 Å². The molecule has 1 aromatic carbocycles. The van der Waals surface area contributed by atoms with Gasteiger partial charge in [-0.05, 0) is 37.1 Å². The highest BCUT2D eigenvalue weighted by Gasteiger charge is 2.22. The minimum atomic E-state index is -3.25. The van der Waals surface area contributed by atoms with Crippen LogP contribution >= 0.6 is 0 Å². The summed E-state index contributed by atoms with van der Waals surface area (Å²) in [6, 6.07) is 6.21. The lowest BCUT2D eigenvalue weighted by molar-refractivity contribution is 0.0674. The van der Waals surface area contributed by atoms with Crippen LogP contribution in [0, 0.1) is 0 Å². The lowest BCUT2D eigenvalue weighted by atomic mass is 10.1. The maximum Gasteiger partial charge on any atom is 0.254 e. The second-order valence-electron chi connectivity index (χ2n) is 5.05. The average Bonchev–Trinajstić information content (AvgIpc) is 2.46. The van der Waals surface area contributed by atoms with Gasteiger partial charge in [-0.25, -0.2) is 8.42 Å². The van der Waals surface area contributed by atoms with Crippen molar-refractivity contribution in [2.75, 3.05) is 19.3 Å². The van der Waals surface area contributed by atoms with E-state index in [1.165, 1.54) is 12.1 Å². The number of hydrogen-bond donors (Lipinski definition) is 1. The Morgan fingerprint density at radius 3 is 2.10 bits per heavy atom. The fourth-order valence-electron chi connectivity index (χ4n) is 2.33. The molecule has 6 heteroatoms. The zero-order valence-corrected chi connectivity index (χ0v) is 13.7. The molecule has 0 bridgehead atoms. The van der Waals surface area contributed by atoms with E-state index in [2.05, 4.69) is 0 Å². The number of nitrogens with two attached hydrogens (primary N) is 1. The summed E-state index contributed by atoms with van der Waals surface area (Å²) >= 11 is 0. The van der Waals surface area contributed by atoms with Gasteiger partial charge in [0.1, 0.15) is 0 Å². The highest BCUT2D eigenvalue weighted by atomic mass is 32.2. The monoisotopic (exact) mass is 312 g/mol. The van der Waals surface area contributed by atoms with Crippen molar-refractivity contribution >= 4 is 15.7 Å². The highest BCUT2D eigenvalue weighted by Crippen LogP contribution is 2.16. The number of nitrogens with zero attached hydrogens (tertiary/aromatic N) is 1. The van der Waals surface area contributed by atoms with Crippen LogP contribution in [0.1, 0.15) is 37.0 Å². The first kappa shape index (κ1) is 17.7. The van der Waals surface area contributed by atoms with Crippen molar-refractivity contribution in [2.24, 2.45) is 5.73 Å². The second kappa shape index (κ2) is 7.56. The Labute approximate surface area is 127 Å². The van der Waals surface area contributed by atoms with E-state index in [4.69, 9.17) is 5.73 Å². The average molecular weight is 312 g/mol. The van der Waals surface area contributed by atoms with Crippen LogP contribution in [-0.4, -0.2) is 44.6 Å². The maximum absolute atomic E-state index is 12.6. The van der Waals surface area contributed by atoms with Crippen molar-refractivity contribution in [3.05, 3.63) is 29.8 Å². The van der Waals surface area contributed by atoms with Gasteiger partial charge >= 0.3 is 0 Å². The number of sulfone groups is 1. The van der Waals surface area contributed by atoms with Gasteiger partial charge in [0.15, 0.2) is 9.84 Å². The topological polar surface area (TPSA) is 80.5 Å². The van der Waals surface area contributed by atoms with Crippen molar-refractivity contribution in [3.63, 3.8) is 0 Å². The normalized spacial score (nSPS) is 11.7. The smallest absolute Gasteiger partial charge is 0.254 e. The first-order valence-electron chi connectivity index (χ1n) is 7.16. The molecule has 0 atom stereocenters. The first-order valence-corrected chi connectivity index (χ1v) is 9.05. The molecule has 1 aromatic rings. The summed E-state index contributed by atoms with van der Waals surface area (Å²) in [6.45, 7) is 4.98. The van der Waals surface area contributed by atoms with E-state index >= 15 is 0 Å². The lowest BCUT2D eigenvalue weighted by Gasteiger charge is -2.30. The van der Waals surface area contributed by atoms with Crippen LogP contribution in [-0.2, 0) is 9.84 Å². The predicted molar refractivity (Wildman–Crippen MR) is 84.0 cm³/mol. The Bertz CT molecular complexity index is 563. The molecular formula is C15H24N2O3S. The molecule has 0 saturated heterocycles. The maximum atomic E-state index is 12.6. The molecule has 0 aliphatic rings. The van der Waals surface area contributed by atoms with Crippen LogP contribution in [0.3, 0.4) is 0 Å². The largest absolute Gasteiger partial charge is 0.334 e. The second-order valence-corrected chi connectivity index (χ2v) is 7.07. The van der Waals surface area contributed by atoms with E-state index in [-0.39, 0.29) is 16.8 Å². The van der Waals surface area contributed by atoms with Gasteiger partial charge in [-0.15, -0.1) is 0 Å². The van der Waals surface area contributed by atoms with Gasteiger partial charge in [0, 0.05) is 31.0 Å². The molecule has 0 spiro atoms. The summed E-state index contributed by atoms with van der Waals surface area (Å²) in [5, 5.41) is 0. The summed E-state index contributed by atoms with van der Waals surface area (Å²) in [6.07, 6.45) is 2.88. The van der Waals surface area contributed by atoms with E-state index < -0.39 is 9.84 Å². The third-order valence-corrected chi connectivity index (χ3v) is 4.67. The molecule has 0 aliphatic heterocycles. The first-order chi connectivity index (χ1) is 9.85. The number of carbonyl (C=O) groups excluding carboxylic acids is 1. The van der Waals surface area contributed by atoms with Gasteiger partial charge in [0.05, 0.1) is 4.90 Å². The van der Waals surface area contributed by atoms with E-state index in [0.717, 1.165) is 19.1 Å². The van der Waals surface area contributed by atoms with Gasteiger partial charge in [-0.2, -0.15) is 0 Å². The van der Waals surface area contributed by atoms with Crippen molar-refractivity contribution in [2.45, 2.75) is 37.6 Å². The summed E-state index contributed by atoms with van der Waals surface area (Å²) in [5.74, 6) is -0.103. The highest BCUT2D eigenvalue weighted by molar-refractivity contribution is 7.90. The van der Waals surface area contributed by atoms with E-state index in [0.29, 0.717) is 18.7 Å². The Hall–Kier alpha value is -1.40. The molecule has 0 saturated carbocycles. The number of rotatable bonds is 7. The molecule has 2 N–H and O–H groups in total. The fraction of sp³-hybridized carbons (Fsp3) is 0.533. The van der Waals surface area contributed by atoms with Crippen molar-refractivity contribution in [1.29, 1.82) is 0 Å². The van der Waals surface area contributed by atoms with Crippen molar-refractivity contribution in [3.8, 4) is 0 Å². The Morgan fingerprint density at radius 2 is 1.71 bits per heavy atom. The number of amides is 1. The molecule has 0 heterocycles. The minimum Gasteiger partial charge on any atom is -0.334 e. The van der Waals surface area contributed by atoms with Crippen LogP contribution in [0.25, 0.3) is 0 Å². The zero-order chi connectivity index (χ0) is 16.0. The van der Waals surface area contributed by atoms with Gasteiger partial charge in [0.25, 0.3) is 5.91 Å². The van der Waals surface area contributed by atoms with Crippen molar-refractivity contribution < 1.29 is 13.2 Å². The molecule has 0 aliphatic carbocycles. The van der Waals surface area contributed by atoms with E-state index in [9.17, 15) is 13.2 Å². The summed E-state index contributed by atoms with van der Waals surface area (Å²) in [7, 11) is -3.25. The Kier molecular flexibility index (Phi) is 6.36. The molecule has 0 fully saturated rings. The van der Waals surface area contributed by atoms with Crippen LogP contribution in [0.4, 0.5) is 0 Å². The zero-order valence-electron chi connectivity index (χ0n) is 12.9. The summed E-state index contributed by atoms with van der Waals surface area (Å²) in [4.78, 5) is 14.6. The molecule has 21 heavy (non-hydrogen) atoms. The summed E-state index contributed by atoms with van der Waals surface area (Å²) in [5.41, 5.74) is 6.09. The van der Waals surface area contributed by atoms with Gasteiger partial charge in [-0.3, -0.25) is 4.79 Å². The third kappa shape index (κ3) is 4.54. The molecule has 1 amide bonds. The molecule has 0 radical (unpaired) electrons. The SMILES string of the molecule is CCC(CC)N(CCN)C(=O)c1ccc(S(C)(=O)=O)cc1. The van der Waals surface area contributed by atoms with Gasteiger partial charge in [-0.1, -0.05) is 13.8 Å². The molecule has 1 rings (SSSR count). The van der Waals surface area contributed by atoms with Crippen LogP contribution in [0.5, 0.6) is 0 Å².